The summed E-state index contributed by atoms with van der Waals surface area (Å²) in [5.41, 5.74) is 2.67. The van der Waals surface area contributed by atoms with E-state index in [1.54, 1.807) is 24.3 Å². The summed E-state index contributed by atoms with van der Waals surface area (Å²) in [4.78, 5) is 0. The zero-order valence-electron chi connectivity index (χ0n) is 15.0. The van der Waals surface area contributed by atoms with Crippen LogP contribution >= 0.6 is 0 Å². The molecule has 138 valence electrons. The molecule has 0 saturated carbocycles. The van der Waals surface area contributed by atoms with Gasteiger partial charge in [0.2, 0.25) is 10.0 Å². The highest BCUT2D eigenvalue weighted by Gasteiger charge is 2.33. The van der Waals surface area contributed by atoms with Crippen LogP contribution in [-0.2, 0) is 10.0 Å². The molecule has 0 atom stereocenters. The minimum atomic E-state index is -3.38. The second-order valence-corrected chi connectivity index (χ2v) is 8.27. The van der Waals surface area contributed by atoms with Gasteiger partial charge >= 0.3 is 0 Å². The molecule has 1 aliphatic heterocycles. The summed E-state index contributed by atoms with van der Waals surface area (Å²) in [6, 6.07) is 11.6. The van der Waals surface area contributed by atoms with Gasteiger partial charge in [0.15, 0.2) is 0 Å². The predicted molar refractivity (Wildman–Crippen MR) is 102 cm³/mol. The van der Waals surface area contributed by atoms with E-state index in [1.807, 2.05) is 19.9 Å². The maximum atomic E-state index is 13.3. The molecule has 0 aliphatic carbocycles. The first-order chi connectivity index (χ1) is 12.3. The summed E-state index contributed by atoms with van der Waals surface area (Å²) >= 11 is 0. The number of sulfonamides is 1. The van der Waals surface area contributed by atoms with E-state index in [9.17, 15) is 12.8 Å². The number of nitrogens with one attached hydrogen (secondary N) is 1. The van der Waals surface area contributed by atoms with Gasteiger partial charge < -0.3 is 4.74 Å². The van der Waals surface area contributed by atoms with E-state index in [0.717, 1.165) is 35.8 Å². The van der Waals surface area contributed by atoms with E-state index in [1.165, 1.54) is 12.1 Å². The number of hydrogen-bond acceptors (Lipinski definition) is 3. The smallest absolute Gasteiger partial charge is 0.229 e. The van der Waals surface area contributed by atoms with Crippen molar-refractivity contribution in [2.75, 3.05) is 11.0 Å². The summed E-state index contributed by atoms with van der Waals surface area (Å²) in [6.45, 7) is 4.09. The first kappa shape index (κ1) is 18.5. The molecule has 1 N–H and O–H groups in total. The quantitative estimate of drug-likeness (QED) is 0.832. The third kappa shape index (κ3) is 3.75. The molecule has 0 bridgehead atoms. The monoisotopic (exact) mass is 375 g/mol. The molecule has 0 fully saturated rings. The Bertz CT molecular complexity index is 946. The zero-order chi connectivity index (χ0) is 18.9. The van der Waals surface area contributed by atoms with E-state index in [0.29, 0.717) is 11.4 Å². The molecule has 3 rings (SSSR count). The molecule has 0 aromatic heterocycles. The van der Waals surface area contributed by atoms with Crippen LogP contribution in [-0.4, -0.2) is 20.3 Å². The van der Waals surface area contributed by atoms with Crippen molar-refractivity contribution in [3.05, 3.63) is 65.5 Å². The molecular formula is C20H22FNO3S. The summed E-state index contributed by atoms with van der Waals surface area (Å²) in [7, 11) is -3.38. The topological polar surface area (TPSA) is 55.4 Å². The fourth-order valence-electron chi connectivity index (χ4n) is 3.16. The Balaban J connectivity index is 2.14. The SMILES string of the molecule is CCC1(CC)C=C(c2ccc(F)cc2)c2ccc(NS(C)(=O)=O)cc2O1. The largest absolute Gasteiger partial charge is 0.482 e. The zero-order valence-corrected chi connectivity index (χ0v) is 15.9. The second-order valence-electron chi connectivity index (χ2n) is 6.52. The van der Waals surface area contributed by atoms with Crippen molar-refractivity contribution >= 4 is 21.3 Å². The highest BCUT2D eigenvalue weighted by Crippen LogP contribution is 2.43. The Kier molecular flexibility index (Phi) is 4.80. The molecule has 0 amide bonds. The van der Waals surface area contributed by atoms with Crippen molar-refractivity contribution < 1.29 is 17.5 Å². The average Bonchev–Trinajstić information content (AvgIpc) is 2.60. The number of hydrogen-bond donors (Lipinski definition) is 1. The molecule has 26 heavy (non-hydrogen) atoms. The maximum Gasteiger partial charge on any atom is 0.229 e. The summed E-state index contributed by atoms with van der Waals surface area (Å²) in [6.07, 6.45) is 4.72. The lowest BCUT2D eigenvalue weighted by Crippen LogP contribution is -2.35. The standard InChI is InChI=1S/C20H22FNO3S/c1-4-20(5-2)13-18(14-6-8-15(21)9-7-14)17-11-10-16(12-19(17)25-20)22-26(3,23)24/h6-13,22H,4-5H2,1-3H3. The van der Waals surface area contributed by atoms with Gasteiger partial charge in [-0.15, -0.1) is 0 Å². The van der Waals surface area contributed by atoms with Crippen LogP contribution in [0.15, 0.2) is 48.5 Å². The molecule has 0 saturated heterocycles. The number of benzene rings is 2. The van der Waals surface area contributed by atoms with E-state index in [-0.39, 0.29) is 5.82 Å². The predicted octanol–water partition coefficient (Wildman–Crippen LogP) is 4.58. The van der Waals surface area contributed by atoms with Gasteiger partial charge in [-0.05, 0) is 54.3 Å². The lowest BCUT2D eigenvalue weighted by molar-refractivity contribution is 0.108. The van der Waals surface area contributed by atoms with Gasteiger partial charge in [0.05, 0.1) is 11.9 Å². The van der Waals surface area contributed by atoms with Gasteiger partial charge in [0, 0.05) is 11.6 Å². The molecule has 0 spiro atoms. The lowest BCUT2D eigenvalue weighted by atomic mass is 9.85. The van der Waals surface area contributed by atoms with Gasteiger partial charge in [-0.1, -0.05) is 26.0 Å². The molecular weight excluding hydrogens is 353 g/mol. The van der Waals surface area contributed by atoms with Crippen molar-refractivity contribution in [2.24, 2.45) is 0 Å². The Morgan fingerprint density at radius 1 is 1.08 bits per heavy atom. The van der Waals surface area contributed by atoms with Gasteiger partial charge in [0.1, 0.15) is 17.2 Å². The van der Waals surface area contributed by atoms with Crippen molar-refractivity contribution in [1.82, 2.24) is 0 Å². The maximum absolute atomic E-state index is 13.3. The molecule has 0 unspecified atom stereocenters. The van der Waals surface area contributed by atoms with Crippen LogP contribution in [0.25, 0.3) is 5.57 Å². The van der Waals surface area contributed by atoms with Gasteiger partial charge in [0.25, 0.3) is 0 Å². The fraction of sp³-hybridized carbons (Fsp3) is 0.300. The van der Waals surface area contributed by atoms with Crippen LogP contribution in [0.5, 0.6) is 5.75 Å². The number of ether oxygens (including phenoxy) is 1. The van der Waals surface area contributed by atoms with Crippen LogP contribution < -0.4 is 9.46 Å². The minimum Gasteiger partial charge on any atom is -0.482 e. The first-order valence-electron chi connectivity index (χ1n) is 8.55. The molecule has 0 radical (unpaired) electrons. The Labute approximate surface area is 153 Å². The van der Waals surface area contributed by atoms with Crippen LogP contribution in [0, 0.1) is 5.82 Å². The first-order valence-corrected chi connectivity index (χ1v) is 10.4. The van der Waals surface area contributed by atoms with E-state index in [2.05, 4.69) is 10.8 Å². The third-order valence-electron chi connectivity index (χ3n) is 4.65. The summed E-state index contributed by atoms with van der Waals surface area (Å²) < 4.78 is 45.1. The van der Waals surface area contributed by atoms with E-state index >= 15 is 0 Å². The minimum absolute atomic E-state index is 0.286. The number of rotatable bonds is 5. The Hall–Kier alpha value is -2.34. The lowest BCUT2D eigenvalue weighted by Gasteiger charge is -2.36. The van der Waals surface area contributed by atoms with Gasteiger partial charge in [-0.25, -0.2) is 12.8 Å². The van der Waals surface area contributed by atoms with Crippen LogP contribution in [0.3, 0.4) is 0 Å². The van der Waals surface area contributed by atoms with Crippen LogP contribution in [0.4, 0.5) is 10.1 Å². The Morgan fingerprint density at radius 2 is 1.73 bits per heavy atom. The van der Waals surface area contributed by atoms with Crippen LogP contribution in [0.2, 0.25) is 0 Å². The number of fused-ring (bicyclic) bond motifs is 1. The summed E-state index contributed by atoms with van der Waals surface area (Å²) in [5.74, 6) is 0.329. The highest BCUT2D eigenvalue weighted by atomic mass is 32.2. The molecule has 1 aliphatic rings. The second kappa shape index (κ2) is 6.76. The van der Waals surface area contributed by atoms with Crippen molar-refractivity contribution in [2.45, 2.75) is 32.3 Å². The van der Waals surface area contributed by atoms with E-state index < -0.39 is 15.6 Å². The van der Waals surface area contributed by atoms with Crippen LogP contribution in [0.1, 0.15) is 37.8 Å². The molecule has 4 nitrogen and oxygen atoms in total. The van der Waals surface area contributed by atoms with Crippen molar-refractivity contribution in [1.29, 1.82) is 0 Å². The molecule has 1 heterocycles. The molecule has 2 aromatic rings. The molecule has 2 aromatic carbocycles. The normalized spacial score (nSPS) is 15.6. The fourth-order valence-corrected chi connectivity index (χ4v) is 3.72. The third-order valence-corrected chi connectivity index (χ3v) is 5.25. The van der Waals surface area contributed by atoms with Gasteiger partial charge in [-0.3, -0.25) is 4.72 Å². The van der Waals surface area contributed by atoms with E-state index in [4.69, 9.17) is 4.74 Å². The van der Waals surface area contributed by atoms with Crippen molar-refractivity contribution in [3.63, 3.8) is 0 Å². The number of anilines is 1. The highest BCUT2D eigenvalue weighted by molar-refractivity contribution is 7.92. The van der Waals surface area contributed by atoms with Crippen molar-refractivity contribution in [3.8, 4) is 5.75 Å². The average molecular weight is 375 g/mol. The number of halogens is 1. The molecule has 6 heteroatoms. The van der Waals surface area contributed by atoms with Gasteiger partial charge in [-0.2, -0.15) is 0 Å². The Morgan fingerprint density at radius 3 is 2.31 bits per heavy atom. The summed E-state index contributed by atoms with van der Waals surface area (Å²) in [5, 5.41) is 0.